The predicted octanol–water partition coefficient (Wildman–Crippen LogP) is 0.773. The summed E-state index contributed by atoms with van der Waals surface area (Å²) in [5.41, 5.74) is 8.00. The zero-order valence-electron chi connectivity index (χ0n) is 8.17. The highest BCUT2D eigenvalue weighted by atomic mass is 32.1. The van der Waals surface area contributed by atoms with Crippen LogP contribution < -0.4 is 11.2 Å². The molecule has 0 saturated heterocycles. The van der Waals surface area contributed by atoms with Gasteiger partial charge in [0.25, 0.3) is 0 Å². The number of carbonyl (C=O) groups is 1. The Hall–Kier alpha value is -0.840. The number of carbonyl (C=O) groups excluding carboxylic acids is 1. The van der Waals surface area contributed by atoms with Crippen molar-refractivity contribution in [3.63, 3.8) is 0 Å². The van der Waals surface area contributed by atoms with Gasteiger partial charge in [-0.3, -0.25) is 15.2 Å². The Bertz CT molecular complexity index is 184. The molecule has 0 radical (unpaired) electrons. The van der Waals surface area contributed by atoms with Crippen molar-refractivity contribution in [3.8, 4) is 0 Å². The number of amides is 1. The molecule has 0 fully saturated rings. The van der Waals surface area contributed by atoms with Crippen LogP contribution in [0.2, 0.25) is 0 Å². The number of hydrogen-bond acceptors (Lipinski definition) is 2. The third-order valence-electron chi connectivity index (χ3n) is 1.60. The minimum Gasteiger partial charge on any atom is -0.375 e. The number of hydrogen-bond donors (Lipinski definition) is 2. The molecule has 4 nitrogen and oxygen atoms in total. The fourth-order valence-corrected chi connectivity index (χ4v) is 1.01. The summed E-state index contributed by atoms with van der Waals surface area (Å²) in [5.74, 6) is -0.0310. The molecule has 0 aliphatic rings. The van der Waals surface area contributed by atoms with E-state index in [1.54, 1.807) is 0 Å². The van der Waals surface area contributed by atoms with Gasteiger partial charge in [0.15, 0.2) is 5.11 Å². The standard InChI is InChI=1S/C8H17N3OS/c1-3-5-6-7(12)10-11(4-2)8(9)13/h3-6H2,1-2H3,(H2,9,13)(H,10,12). The highest BCUT2D eigenvalue weighted by Crippen LogP contribution is 1.94. The van der Waals surface area contributed by atoms with Gasteiger partial charge in [0.1, 0.15) is 0 Å². The van der Waals surface area contributed by atoms with E-state index in [0.29, 0.717) is 13.0 Å². The number of hydrazine groups is 1. The van der Waals surface area contributed by atoms with E-state index in [2.05, 4.69) is 5.43 Å². The molecule has 0 bridgehead atoms. The first kappa shape index (κ1) is 12.2. The van der Waals surface area contributed by atoms with E-state index in [4.69, 9.17) is 18.0 Å². The summed E-state index contributed by atoms with van der Waals surface area (Å²) in [6.45, 7) is 4.50. The number of unbranched alkanes of at least 4 members (excludes halogenated alkanes) is 1. The van der Waals surface area contributed by atoms with Crippen LogP contribution in [-0.4, -0.2) is 22.6 Å². The van der Waals surface area contributed by atoms with Crippen molar-refractivity contribution in [2.45, 2.75) is 33.1 Å². The third kappa shape index (κ3) is 5.41. The van der Waals surface area contributed by atoms with Crippen molar-refractivity contribution in [2.24, 2.45) is 5.73 Å². The summed E-state index contributed by atoms with van der Waals surface area (Å²) in [6.07, 6.45) is 2.42. The average molecular weight is 203 g/mol. The predicted molar refractivity (Wildman–Crippen MR) is 56.8 cm³/mol. The number of thiocarbonyl (C=S) groups is 1. The van der Waals surface area contributed by atoms with E-state index in [-0.39, 0.29) is 11.0 Å². The molecule has 0 aromatic carbocycles. The molecule has 0 unspecified atom stereocenters. The molecule has 0 rings (SSSR count). The van der Waals surface area contributed by atoms with Crippen molar-refractivity contribution in [2.75, 3.05) is 6.54 Å². The second kappa shape index (κ2) is 6.65. The molecule has 13 heavy (non-hydrogen) atoms. The maximum atomic E-state index is 11.2. The molecule has 0 heterocycles. The Morgan fingerprint density at radius 2 is 2.15 bits per heavy atom. The molecule has 1 amide bonds. The van der Waals surface area contributed by atoms with E-state index < -0.39 is 0 Å². The monoisotopic (exact) mass is 203 g/mol. The molecule has 5 heteroatoms. The minimum atomic E-state index is -0.0310. The molecular formula is C8H17N3OS. The quantitative estimate of drug-likeness (QED) is 0.523. The van der Waals surface area contributed by atoms with Gasteiger partial charge in [0.2, 0.25) is 5.91 Å². The van der Waals surface area contributed by atoms with Crippen LogP contribution in [0.5, 0.6) is 0 Å². The zero-order chi connectivity index (χ0) is 10.3. The van der Waals surface area contributed by atoms with Crippen LogP contribution >= 0.6 is 12.2 Å². The Kier molecular flexibility index (Phi) is 6.22. The van der Waals surface area contributed by atoms with Crippen LogP contribution in [0.1, 0.15) is 33.1 Å². The molecule has 0 aliphatic heterocycles. The van der Waals surface area contributed by atoms with Crippen LogP contribution in [0.15, 0.2) is 0 Å². The van der Waals surface area contributed by atoms with Gasteiger partial charge < -0.3 is 5.73 Å². The van der Waals surface area contributed by atoms with Gasteiger partial charge in [-0.1, -0.05) is 13.3 Å². The Balaban J connectivity index is 3.80. The van der Waals surface area contributed by atoms with E-state index in [1.165, 1.54) is 5.01 Å². The Morgan fingerprint density at radius 3 is 2.54 bits per heavy atom. The van der Waals surface area contributed by atoms with E-state index in [1.807, 2.05) is 13.8 Å². The third-order valence-corrected chi connectivity index (χ3v) is 1.82. The van der Waals surface area contributed by atoms with E-state index in [0.717, 1.165) is 12.8 Å². The second-order valence-corrected chi connectivity index (χ2v) is 3.14. The molecule has 76 valence electrons. The number of nitrogens with two attached hydrogens (primary N) is 1. The normalized spacial score (nSPS) is 9.38. The first-order chi connectivity index (χ1) is 6.11. The van der Waals surface area contributed by atoms with Crippen molar-refractivity contribution in [1.82, 2.24) is 10.4 Å². The fourth-order valence-electron chi connectivity index (χ4n) is 0.834. The van der Waals surface area contributed by atoms with Gasteiger partial charge in [-0.25, -0.2) is 0 Å². The van der Waals surface area contributed by atoms with Gasteiger partial charge in [0, 0.05) is 13.0 Å². The van der Waals surface area contributed by atoms with Gasteiger partial charge in [-0.05, 0) is 25.6 Å². The summed E-state index contributed by atoms with van der Waals surface area (Å²) < 4.78 is 0. The second-order valence-electron chi connectivity index (χ2n) is 2.72. The van der Waals surface area contributed by atoms with Crippen molar-refractivity contribution in [1.29, 1.82) is 0 Å². The maximum absolute atomic E-state index is 11.2. The molecular weight excluding hydrogens is 186 g/mol. The summed E-state index contributed by atoms with van der Waals surface area (Å²) in [7, 11) is 0. The lowest BCUT2D eigenvalue weighted by molar-refractivity contribution is -0.124. The minimum absolute atomic E-state index is 0.0310. The van der Waals surface area contributed by atoms with E-state index in [9.17, 15) is 4.79 Å². The highest BCUT2D eigenvalue weighted by molar-refractivity contribution is 7.80. The maximum Gasteiger partial charge on any atom is 0.238 e. The Labute approximate surface area is 84.4 Å². The number of nitrogens with zero attached hydrogens (tertiary/aromatic N) is 1. The van der Waals surface area contributed by atoms with Crippen LogP contribution in [0, 0.1) is 0 Å². The summed E-state index contributed by atoms with van der Waals surface area (Å²) >= 11 is 4.74. The highest BCUT2D eigenvalue weighted by Gasteiger charge is 2.06. The first-order valence-electron chi connectivity index (χ1n) is 4.48. The molecule has 0 spiro atoms. The molecule has 0 saturated carbocycles. The lowest BCUT2D eigenvalue weighted by Crippen LogP contribution is -2.48. The topological polar surface area (TPSA) is 58.4 Å². The summed E-state index contributed by atoms with van der Waals surface area (Å²) in [5, 5.41) is 1.67. The summed E-state index contributed by atoms with van der Waals surface area (Å²) in [4.78, 5) is 11.2. The van der Waals surface area contributed by atoms with Crippen LogP contribution in [0.25, 0.3) is 0 Å². The lowest BCUT2D eigenvalue weighted by atomic mass is 10.2. The molecule has 0 aromatic heterocycles. The van der Waals surface area contributed by atoms with Crippen LogP contribution in [0.3, 0.4) is 0 Å². The molecule has 0 aromatic rings. The van der Waals surface area contributed by atoms with Crippen molar-refractivity contribution >= 4 is 23.2 Å². The SMILES string of the molecule is CCCCC(=O)NN(CC)C(N)=S. The summed E-state index contributed by atoms with van der Waals surface area (Å²) in [6, 6.07) is 0. The van der Waals surface area contributed by atoms with Gasteiger partial charge in [-0.15, -0.1) is 0 Å². The number of nitrogens with one attached hydrogen (secondary N) is 1. The molecule has 0 aliphatic carbocycles. The lowest BCUT2D eigenvalue weighted by Gasteiger charge is -2.21. The smallest absolute Gasteiger partial charge is 0.238 e. The van der Waals surface area contributed by atoms with Gasteiger partial charge in [-0.2, -0.15) is 0 Å². The zero-order valence-corrected chi connectivity index (χ0v) is 8.99. The molecule has 3 N–H and O–H groups in total. The van der Waals surface area contributed by atoms with E-state index >= 15 is 0 Å². The first-order valence-corrected chi connectivity index (χ1v) is 4.89. The largest absolute Gasteiger partial charge is 0.375 e. The van der Waals surface area contributed by atoms with Gasteiger partial charge >= 0.3 is 0 Å². The van der Waals surface area contributed by atoms with Crippen LogP contribution in [-0.2, 0) is 4.79 Å². The Morgan fingerprint density at radius 1 is 1.54 bits per heavy atom. The van der Waals surface area contributed by atoms with Crippen molar-refractivity contribution < 1.29 is 4.79 Å². The molecule has 0 atom stereocenters. The van der Waals surface area contributed by atoms with Crippen LogP contribution in [0.4, 0.5) is 0 Å². The average Bonchev–Trinajstić information content (AvgIpc) is 2.10. The van der Waals surface area contributed by atoms with Crippen molar-refractivity contribution in [3.05, 3.63) is 0 Å². The number of rotatable bonds is 4. The van der Waals surface area contributed by atoms with Gasteiger partial charge in [0.05, 0.1) is 0 Å². The fraction of sp³-hybridized carbons (Fsp3) is 0.750.